The Balaban J connectivity index is 1.82. The van der Waals surface area contributed by atoms with Gasteiger partial charge in [-0.25, -0.2) is 8.78 Å². The highest BCUT2D eigenvalue weighted by atomic mass is 19.1. The number of carbonyl (C=O) groups is 1. The average Bonchev–Trinajstić information content (AvgIpc) is 2.62. The van der Waals surface area contributed by atoms with Crippen LogP contribution in [0.3, 0.4) is 0 Å². The molecule has 3 aromatic rings. The van der Waals surface area contributed by atoms with Crippen LogP contribution in [0.1, 0.15) is 22.0 Å². The van der Waals surface area contributed by atoms with E-state index in [4.69, 9.17) is 0 Å². The minimum atomic E-state index is -0.622. The van der Waals surface area contributed by atoms with Crippen LogP contribution in [-0.4, -0.2) is 31.4 Å². The van der Waals surface area contributed by atoms with Gasteiger partial charge in [-0.15, -0.1) is 0 Å². The maximum Gasteiger partial charge on any atom is 0.251 e. The standard InChI is InChI=1S/C21H20F2N2O/c1-25(2)20(18-11-10-15(22)12-19(18)23)13-24-21(26)17-9-5-7-14-6-3-4-8-16(14)17/h3-12,20H,13H2,1-2H3,(H,24,26). The fraction of sp³-hybridized carbons (Fsp3) is 0.190. The summed E-state index contributed by atoms with van der Waals surface area (Å²) in [6.07, 6.45) is 0. The van der Waals surface area contributed by atoms with Crippen molar-refractivity contribution in [2.45, 2.75) is 6.04 Å². The first-order chi connectivity index (χ1) is 12.5. The van der Waals surface area contributed by atoms with Crippen LogP contribution in [0.5, 0.6) is 0 Å². The molecular formula is C21H20F2N2O. The Hall–Kier alpha value is -2.79. The van der Waals surface area contributed by atoms with Gasteiger partial charge >= 0.3 is 0 Å². The summed E-state index contributed by atoms with van der Waals surface area (Å²) in [5.41, 5.74) is 0.912. The third-order valence-electron chi connectivity index (χ3n) is 4.44. The van der Waals surface area contributed by atoms with Crippen molar-refractivity contribution in [3.63, 3.8) is 0 Å². The van der Waals surface area contributed by atoms with Gasteiger partial charge in [0.25, 0.3) is 5.91 Å². The quantitative estimate of drug-likeness (QED) is 0.746. The predicted octanol–water partition coefficient (Wildman–Crippen LogP) is 4.15. The smallest absolute Gasteiger partial charge is 0.251 e. The van der Waals surface area contributed by atoms with Crippen molar-refractivity contribution in [3.05, 3.63) is 83.4 Å². The molecule has 0 fully saturated rings. The second-order valence-corrected chi connectivity index (χ2v) is 6.38. The van der Waals surface area contributed by atoms with Crippen LogP contribution in [0, 0.1) is 11.6 Å². The monoisotopic (exact) mass is 354 g/mol. The molecule has 0 bridgehead atoms. The molecule has 26 heavy (non-hydrogen) atoms. The van der Waals surface area contributed by atoms with Crippen molar-refractivity contribution in [1.29, 1.82) is 0 Å². The van der Waals surface area contributed by atoms with E-state index in [9.17, 15) is 13.6 Å². The SMILES string of the molecule is CN(C)C(CNC(=O)c1cccc2ccccc12)c1ccc(F)cc1F. The highest BCUT2D eigenvalue weighted by Crippen LogP contribution is 2.22. The summed E-state index contributed by atoms with van der Waals surface area (Å²) in [6.45, 7) is 0.206. The van der Waals surface area contributed by atoms with Crippen LogP contribution in [0.15, 0.2) is 60.7 Å². The van der Waals surface area contributed by atoms with Crippen LogP contribution >= 0.6 is 0 Å². The lowest BCUT2D eigenvalue weighted by Gasteiger charge is -2.25. The molecule has 3 rings (SSSR count). The molecule has 1 atom stereocenters. The molecule has 0 radical (unpaired) electrons. The van der Waals surface area contributed by atoms with Crippen molar-refractivity contribution >= 4 is 16.7 Å². The molecule has 0 saturated carbocycles. The minimum absolute atomic E-state index is 0.206. The largest absolute Gasteiger partial charge is 0.350 e. The second-order valence-electron chi connectivity index (χ2n) is 6.38. The zero-order valence-electron chi connectivity index (χ0n) is 14.7. The van der Waals surface area contributed by atoms with E-state index in [2.05, 4.69) is 5.32 Å². The molecule has 5 heteroatoms. The Morgan fingerprint density at radius 2 is 1.77 bits per heavy atom. The minimum Gasteiger partial charge on any atom is -0.350 e. The Labute approximate surface area is 151 Å². The molecule has 1 amide bonds. The number of fused-ring (bicyclic) bond motifs is 1. The Morgan fingerprint density at radius 1 is 1.04 bits per heavy atom. The van der Waals surface area contributed by atoms with E-state index in [1.165, 1.54) is 12.1 Å². The summed E-state index contributed by atoms with van der Waals surface area (Å²) in [7, 11) is 3.58. The highest BCUT2D eigenvalue weighted by Gasteiger charge is 2.20. The topological polar surface area (TPSA) is 32.3 Å². The van der Waals surface area contributed by atoms with Gasteiger partial charge in [0, 0.05) is 23.7 Å². The molecule has 0 aliphatic carbocycles. The number of nitrogens with one attached hydrogen (secondary N) is 1. The number of carbonyl (C=O) groups excluding carboxylic acids is 1. The first kappa shape index (κ1) is 18.0. The summed E-state index contributed by atoms with van der Waals surface area (Å²) < 4.78 is 27.3. The Bertz CT molecular complexity index is 935. The molecule has 1 N–H and O–H groups in total. The number of rotatable bonds is 5. The van der Waals surface area contributed by atoms with Crippen molar-refractivity contribution in [3.8, 4) is 0 Å². The number of likely N-dealkylation sites (N-methyl/N-ethyl adjacent to an activating group) is 1. The normalized spacial score (nSPS) is 12.3. The molecule has 3 nitrogen and oxygen atoms in total. The molecular weight excluding hydrogens is 334 g/mol. The first-order valence-electron chi connectivity index (χ1n) is 8.34. The molecule has 0 aliphatic heterocycles. The molecule has 0 spiro atoms. The number of hydrogen-bond donors (Lipinski definition) is 1. The summed E-state index contributed by atoms with van der Waals surface area (Å²) in [5, 5.41) is 4.72. The van der Waals surface area contributed by atoms with Gasteiger partial charge in [0.2, 0.25) is 0 Å². The van der Waals surface area contributed by atoms with E-state index in [1.807, 2.05) is 36.4 Å². The number of halogens is 2. The summed E-state index contributed by atoms with van der Waals surface area (Å²) in [6, 6.07) is 16.3. The highest BCUT2D eigenvalue weighted by molar-refractivity contribution is 6.07. The molecule has 1 unspecified atom stereocenters. The van der Waals surface area contributed by atoms with Crippen LogP contribution in [0.4, 0.5) is 8.78 Å². The van der Waals surface area contributed by atoms with Crippen LogP contribution < -0.4 is 5.32 Å². The average molecular weight is 354 g/mol. The second kappa shape index (κ2) is 7.62. The van der Waals surface area contributed by atoms with Crippen molar-refractivity contribution in [2.75, 3.05) is 20.6 Å². The van der Waals surface area contributed by atoms with Crippen LogP contribution in [0.25, 0.3) is 10.8 Å². The van der Waals surface area contributed by atoms with Crippen molar-refractivity contribution in [1.82, 2.24) is 10.2 Å². The Kier molecular flexibility index (Phi) is 5.28. The molecule has 0 aliphatic rings. The number of benzene rings is 3. The summed E-state index contributed by atoms with van der Waals surface area (Å²) in [4.78, 5) is 14.5. The van der Waals surface area contributed by atoms with E-state index in [1.54, 1.807) is 25.1 Å². The van der Waals surface area contributed by atoms with E-state index in [-0.39, 0.29) is 12.5 Å². The van der Waals surface area contributed by atoms with Gasteiger partial charge in [0.15, 0.2) is 0 Å². The summed E-state index contributed by atoms with van der Waals surface area (Å²) in [5.74, 6) is -1.47. The zero-order valence-corrected chi connectivity index (χ0v) is 14.7. The molecule has 134 valence electrons. The number of nitrogens with zero attached hydrogens (tertiary/aromatic N) is 1. The van der Waals surface area contributed by atoms with E-state index in [0.717, 1.165) is 16.8 Å². The van der Waals surface area contributed by atoms with Gasteiger partial charge in [0.1, 0.15) is 11.6 Å². The van der Waals surface area contributed by atoms with Gasteiger partial charge in [-0.3, -0.25) is 4.79 Å². The predicted molar refractivity (Wildman–Crippen MR) is 99.1 cm³/mol. The van der Waals surface area contributed by atoms with Gasteiger partial charge in [-0.1, -0.05) is 42.5 Å². The Morgan fingerprint density at radius 3 is 2.50 bits per heavy atom. The van der Waals surface area contributed by atoms with E-state index < -0.39 is 17.7 Å². The van der Waals surface area contributed by atoms with Gasteiger partial charge in [-0.05, 0) is 37.0 Å². The first-order valence-corrected chi connectivity index (χ1v) is 8.34. The van der Waals surface area contributed by atoms with E-state index >= 15 is 0 Å². The lowest BCUT2D eigenvalue weighted by molar-refractivity contribution is 0.0943. The molecule has 0 saturated heterocycles. The fourth-order valence-corrected chi connectivity index (χ4v) is 3.05. The fourth-order valence-electron chi connectivity index (χ4n) is 3.05. The summed E-state index contributed by atoms with van der Waals surface area (Å²) >= 11 is 0. The van der Waals surface area contributed by atoms with Crippen molar-refractivity contribution in [2.24, 2.45) is 0 Å². The maximum atomic E-state index is 14.1. The molecule has 0 heterocycles. The van der Waals surface area contributed by atoms with Gasteiger partial charge in [-0.2, -0.15) is 0 Å². The lowest BCUT2D eigenvalue weighted by atomic mass is 10.0. The molecule has 3 aromatic carbocycles. The van der Waals surface area contributed by atoms with Gasteiger partial charge < -0.3 is 10.2 Å². The van der Waals surface area contributed by atoms with Crippen LogP contribution in [-0.2, 0) is 0 Å². The van der Waals surface area contributed by atoms with E-state index in [0.29, 0.717) is 11.1 Å². The van der Waals surface area contributed by atoms with Crippen molar-refractivity contribution < 1.29 is 13.6 Å². The van der Waals surface area contributed by atoms with Crippen LogP contribution in [0.2, 0.25) is 0 Å². The molecule has 0 aromatic heterocycles. The zero-order chi connectivity index (χ0) is 18.7. The maximum absolute atomic E-state index is 14.1. The third kappa shape index (κ3) is 3.73. The number of hydrogen-bond acceptors (Lipinski definition) is 2. The van der Waals surface area contributed by atoms with Gasteiger partial charge in [0.05, 0.1) is 6.04 Å². The lowest BCUT2D eigenvalue weighted by Crippen LogP contribution is -2.35. The number of amides is 1. The third-order valence-corrected chi connectivity index (χ3v) is 4.44.